The maximum atomic E-state index is 13.1. The summed E-state index contributed by atoms with van der Waals surface area (Å²) in [5.74, 6) is 1.04. The van der Waals surface area contributed by atoms with Crippen molar-refractivity contribution in [2.24, 2.45) is 5.92 Å². The molecule has 5 nitrogen and oxygen atoms in total. The number of aryl methyl sites for hydroxylation is 1. The van der Waals surface area contributed by atoms with E-state index in [0.29, 0.717) is 18.6 Å². The molecule has 0 N–H and O–H groups in total. The van der Waals surface area contributed by atoms with Gasteiger partial charge in [-0.15, -0.1) is 0 Å². The van der Waals surface area contributed by atoms with Gasteiger partial charge in [0, 0.05) is 25.2 Å². The van der Waals surface area contributed by atoms with Gasteiger partial charge in [0.15, 0.2) is 5.76 Å². The molecule has 0 bridgehead atoms. The SMILES string of the molecule is Cc1cc(CN(C)C(=O)[C@H]2C[C@@H](c3ccccc3)N3CCC[C@H]23)on1. The summed E-state index contributed by atoms with van der Waals surface area (Å²) in [6.07, 6.45) is 3.21. The zero-order valence-electron chi connectivity index (χ0n) is 14.9. The average Bonchev–Trinajstić information content (AvgIpc) is 3.31. The third kappa shape index (κ3) is 3.09. The number of hydrogen-bond donors (Lipinski definition) is 0. The van der Waals surface area contributed by atoms with Gasteiger partial charge in [0.2, 0.25) is 5.91 Å². The van der Waals surface area contributed by atoms with Crippen LogP contribution in [0.2, 0.25) is 0 Å². The second-order valence-corrected chi connectivity index (χ2v) is 7.34. The lowest BCUT2D eigenvalue weighted by molar-refractivity contribution is -0.135. The highest BCUT2D eigenvalue weighted by atomic mass is 16.5. The fourth-order valence-corrected chi connectivity index (χ4v) is 4.52. The van der Waals surface area contributed by atoms with Crippen molar-refractivity contribution in [1.82, 2.24) is 15.0 Å². The van der Waals surface area contributed by atoms with Crippen LogP contribution in [0.1, 0.15) is 42.3 Å². The molecule has 2 aliphatic rings. The highest BCUT2D eigenvalue weighted by molar-refractivity contribution is 5.80. The van der Waals surface area contributed by atoms with Gasteiger partial charge in [-0.25, -0.2) is 0 Å². The lowest BCUT2D eigenvalue weighted by Gasteiger charge is -2.25. The Bertz CT molecular complexity index is 742. The number of rotatable bonds is 4. The van der Waals surface area contributed by atoms with Crippen molar-refractivity contribution >= 4 is 5.91 Å². The molecule has 4 rings (SSSR count). The summed E-state index contributed by atoms with van der Waals surface area (Å²) in [4.78, 5) is 17.5. The number of nitrogens with zero attached hydrogens (tertiary/aromatic N) is 3. The molecule has 1 amide bonds. The molecule has 1 aromatic heterocycles. The first-order valence-electron chi connectivity index (χ1n) is 9.11. The van der Waals surface area contributed by atoms with Crippen molar-refractivity contribution in [3.63, 3.8) is 0 Å². The Morgan fingerprint density at radius 2 is 2.16 bits per heavy atom. The molecular weight excluding hydrogens is 314 g/mol. The number of hydrogen-bond acceptors (Lipinski definition) is 4. The predicted octanol–water partition coefficient (Wildman–Crippen LogP) is 3.17. The second-order valence-electron chi connectivity index (χ2n) is 7.34. The number of aromatic nitrogens is 1. The van der Waals surface area contributed by atoms with Gasteiger partial charge < -0.3 is 9.42 Å². The molecule has 2 aliphatic heterocycles. The van der Waals surface area contributed by atoms with Gasteiger partial charge in [0.25, 0.3) is 0 Å². The molecule has 0 unspecified atom stereocenters. The summed E-state index contributed by atoms with van der Waals surface area (Å²) in [5.41, 5.74) is 2.18. The quantitative estimate of drug-likeness (QED) is 0.858. The van der Waals surface area contributed by atoms with Crippen LogP contribution in [0, 0.1) is 12.8 Å². The van der Waals surface area contributed by atoms with Crippen molar-refractivity contribution < 1.29 is 9.32 Å². The Kier molecular flexibility index (Phi) is 4.34. The zero-order valence-corrected chi connectivity index (χ0v) is 14.9. The Morgan fingerprint density at radius 1 is 1.36 bits per heavy atom. The predicted molar refractivity (Wildman–Crippen MR) is 94.7 cm³/mol. The van der Waals surface area contributed by atoms with Crippen molar-refractivity contribution in [3.05, 3.63) is 53.4 Å². The van der Waals surface area contributed by atoms with Crippen LogP contribution < -0.4 is 0 Å². The van der Waals surface area contributed by atoms with E-state index in [1.165, 1.54) is 12.0 Å². The fraction of sp³-hybridized carbons (Fsp3) is 0.500. The van der Waals surface area contributed by atoms with Crippen LogP contribution in [0.3, 0.4) is 0 Å². The molecule has 0 spiro atoms. The van der Waals surface area contributed by atoms with Crippen LogP contribution in [0.5, 0.6) is 0 Å². The van der Waals surface area contributed by atoms with Crippen LogP contribution in [0.4, 0.5) is 0 Å². The summed E-state index contributed by atoms with van der Waals surface area (Å²) < 4.78 is 5.27. The Morgan fingerprint density at radius 3 is 2.88 bits per heavy atom. The standard InChI is InChI=1S/C20H25N3O2/c1-14-11-16(25-21-14)13-22(2)20(24)17-12-19(15-7-4-3-5-8-15)23-10-6-9-18(17)23/h3-5,7-8,11,17-19H,6,9-10,12-13H2,1-2H3/t17-,18+,19-/m0/s1. The molecule has 0 radical (unpaired) electrons. The zero-order chi connectivity index (χ0) is 17.4. The van der Waals surface area contributed by atoms with Crippen molar-refractivity contribution in [3.8, 4) is 0 Å². The number of carbonyl (C=O) groups is 1. The molecule has 25 heavy (non-hydrogen) atoms. The summed E-state index contributed by atoms with van der Waals surface area (Å²) in [6, 6.07) is 13.2. The lowest BCUT2D eigenvalue weighted by atomic mass is 9.93. The topological polar surface area (TPSA) is 49.6 Å². The monoisotopic (exact) mass is 339 g/mol. The first-order valence-corrected chi connectivity index (χ1v) is 9.11. The summed E-state index contributed by atoms with van der Waals surface area (Å²) >= 11 is 0. The number of benzene rings is 1. The maximum Gasteiger partial charge on any atom is 0.227 e. The van der Waals surface area contributed by atoms with Crippen molar-refractivity contribution in [1.29, 1.82) is 0 Å². The van der Waals surface area contributed by atoms with E-state index in [4.69, 9.17) is 4.52 Å². The summed E-state index contributed by atoms with van der Waals surface area (Å²) in [6.45, 7) is 3.48. The van der Waals surface area contributed by atoms with Gasteiger partial charge in [0.1, 0.15) is 0 Å². The highest BCUT2D eigenvalue weighted by Gasteiger charge is 2.47. The minimum absolute atomic E-state index is 0.0710. The van der Waals surface area contributed by atoms with Crippen molar-refractivity contribution in [2.45, 2.75) is 44.8 Å². The van der Waals surface area contributed by atoms with Crippen molar-refractivity contribution in [2.75, 3.05) is 13.6 Å². The maximum absolute atomic E-state index is 13.1. The molecule has 3 atom stereocenters. The van der Waals surface area contributed by atoms with Crippen LogP contribution in [-0.2, 0) is 11.3 Å². The molecule has 132 valence electrons. The number of carbonyl (C=O) groups excluding carboxylic acids is 1. The smallest absolute Gasteiger partial charge is 0.227 e. The van der Waals surface area contributed by atoms with Gasteiger partial charge in [-0.1, -0.05) is 35.5 Å². The molecule has 0 saturated carbocycles. The van der Waals surface area contributed by atoms with E-state index < -0.39 is 0 Å². The number of amides is 1. The molecule has 2 fully saturated rings. The molecule has 5 heteroatoms. The molecule has 0 aliphatic carbocycles. The van der Waals surface area contributed by atoms with E-state index in [1.807, 2.05) is 20.0 Å². The summed E-state index contributed by atoms with van der Waals surface area (Å²) in [7, 11) is 1.87. The van der Waals surface area contributed by atoms with Gasteiger partial charge in [0.05, 0.1) is 18.2 Å². The second kappa shape index (κ2) is 6.64. The molecule has 1 aromatic carbocycles. The van der Waals surface area contributed by atoms with E-state index in [1.54, 1.807) is 4.90 Å². The molecular formula is C20H25N3O2. The minimum atomic E-state index is 0.0710. The fourth-order valence-electron chi connectivity index (χ4n) is 4.52. The highest BCUT2D eigenvalue weighted by Crippen LogP contribution is 2.45. The molecule has 2 saturated heterocycles. The van der Waals surface area contributed by atoms with E-state index in [9.17, 15) is 4.79 Å². The first-order chi connectivity index (χ1) is 12.1. The van der Waals surface area contributed by atoms with Crippen LogP contribution in [0.15, 0.2) is 40.9 Å². The normalized spacial score (nSPS) is 25.9. The van der Waals surface area contributed by atoms with Gasteiger partial charge >= 0.3 is 0 Å². The van der Waals surface area contributed by atoms with Crippen LogP contribution >= 0.6 is 0 Å². The Balaban J connectivity index is 1.50. The third-order valence-electron chi connectivity index (χ3n) is 5.63. The molecule has 3 heterocycles. The van der Waals surface area contributed by atoms with Gasteiger partial charge in [-0.3, -0.25) is 9.69 Å². The van der Waals surface area contributed by atoms with Gasteiger partial charge in [-0.05, 0) is 38.3 Å². The summed E-state index contributed by atoms with van der Waals surface area (Å²) in [5, 5.41) is 3.91. The van der Waals surface area contributed by atoms with E-state index in [2.05, 4.69) is 40.4 Å². The van der Waals surface area contributed by atoms with Crippen LogP contribution in [-0.4, -0.2) is 40.5 Å². The van der Waals surface area contributed by atoms with E-state index in [0.717, 1.165) is 30.8 Å². The van der Waals surface area contributed by atoms with E-state index >= 15 is 0 Å². The largest absolute Gasteiger partial charge is 0.359 e. The third-order valence-corrected chi connectivity index (χ3v) is 5.63. The van der Waals surface area contributed by atoms with Crippen LogP contribution in [0.25, 0.3) is 0 Å². The average molecular weight is 339 g/mol. The lowest BCUT2D eigenvalue weighted by Crippen LogP contribution is -2.38. The van der Waals surface area contributed by atoms with E-state index in [-0.39, 0.29) is 11.8 Å². The molecule has 2 aromatic rings. The number of fused-ring (bicyclic) bond motifs is 1. The minimum Gasteiger partial charge on any atom is -0.359 e. The Hall–Kier alpha value is -2.14. The first kappa shape index (κ1) is 16.3. The van der Waals surface area contributed by atoms with Gasteiger partial charge in [-0.2, -0.15) is 0 Å². The Labute approximate surface area is 148 Å².